The number of fused-ring (bicyclic) bond motifs is 1. The van der Waals surface area contributed by atoms with Crippen molar-refractivity contribution in [1.29, 1.82) is 0 Å². The monoisotopic (exact) mass is 428 g/mol. The summed E-state index contributed by atoms with van der Waals surface area (Å²) >= 11 is 0. The Hall–Kier alpha value is -4.21. The highest BCUT2D eigenvalue weighted by Crippen LogP contribution is 2.29. The van der Waals surface area contributed by atoms with E-state index in [0.29, 0.717) is 30.9 Å². The van der Waals surface area contributed by atoms with Crippen molar-refractivity contribution >= 4 is 17.4 Å². The number of nitrogens with zero attached hydrogens (tertiary/aromatic N) is 5. The van der Waals surface area contributed by atoms with E-state index in [-0.39, 0.29) is 23.9 Å². The minimum absolute atomic E-state index is 0.0557. The van der Waals surface area contributed by atoms with Gasteiger partial charge >= 0.3 is 0 Å². The quantitative estimate of drug-likeness (QED) is 0.400. The molecule has 32 heavy (non-hydrogen) atoms. The molecule has 0 aliphatic carbocycles. The zero-order chi connectivity index (χ0) is 21.9. The number of aromatic amines is 2. The summed E-state index contributed by atoms with van der Waals surface area (Å²) in [6, 6.07) is 15.4. The second-order valence-electron chi connectivity index (χ2n) is 7.73. The van der Waals surface area contributed by atoms with Crippen LogP contribution in [0.1, 0.15) is 40.4 Å². The minimum Gasteiger partial charge on any atom is -0.326 e. The largest absolute Gasteiger partial charge is 0.326 e. The van der Waals surface area contributed by atoms with Crippen LogP contribution in [0.15, 0.2) is 48.5 Å². The third-order valence-electron chi connectivity index (χ3n) is 5.53. The van der Waals surface area contributed by atoms with Crippen LogP contribution in [0.2, 0.25) is 0 Å². The highest BCUT2D eigenvalue weighted by molar-refractivity contribution is 6.00. The molecule has 0 fully saturated rings. The maximum absolute atomic E-state index is 12.8. The first-order valence-corrected chi connectivity index (χ1v) is 10.3. The van der Waals surface area contributed by atoms with E-state index in [1.54, 1.807) is 0 Å². The number of carbonyl (C=O) groups excluding carboxylic acids is 2. The molecule has 0 saturated heterocycles. The first kappa shape index (κ1) is 19.7. The third kappa shape index (κ3) is 4.15. The number of nitrogens with one attached hydrogen (secondary N) is 3. The number of hydrogen-bond acceptors (Lipinski definition) is 7. The Labute approximate surface area is 182 Å². The Bertz CT molecular complexity index is 1250. The van der Waals surface area contributed by atoms with Gasteiger partial charge in [0.15, 0.2) is 0 Å². The maximum atomic E-state index is 12.8. The van der Waals surface area contributed by atoms with Crippen LogP contribution in [0.5, 0.6) is 0 Å². The van der Waals surface area contributed by atoms with Gasteiger partial charge in [0.25, 0.3) is 0 Å². The minimum atomic E-state index is -0.459. The number of hydrogen-bond donors (Lipinski definition) is 3. The Morgan fingerprint density at radius 2 is 1.97 bits per heavy atom. The number of anilines is 1. The highest BCUT2D eigenvalue weighted by Gasteiger charge is 2.28. The number of rotatable bonds is 6. The molecule has 1 amide bonds. The first-order valence-electron chi connectivity index (χ1n) is 10.3. The Balaban J connectivity index is 1.26. The topological polar surface area (TPSA) is 142 Å². The summed E-state index contributed by atoms with van der Waals surface area (Å²) in [5.41, 5.74) is 3.59. The second-order valence-corrected chi connectivity index (χ2v) is 7.73. The summed E-state index contributed by atoms with van der Waals surface area (Å²) in [5.74, 6) is 0.338. The normalized spacial score (nSPS) is 15.6. The number of aromatic nitrogens is 7. The van der Waals surface area contributed by atoms with Crippen molar-refractivity contribution in [2.45, 2.75) is 25.7 Å². The number of tetrazole rings is 1. The predicted molar refractivity (Wildman–Crippen MR) is 115 cm³/mol. The van der Waals surface area contributed by atoms with Crippen LogP contribution in [-0.2, 0) is 17.6 Å². The number of amides is 1. The molecule has 2 aromatic carbocycles. The molecule has 1 atom stereocenters. The lowest BCUT2D eigenvalue weighted by molar-refractivity contribution is -0.119. The van der Waals surface area contributed by atoms with E-state index in [0.717, 1.165) is 22.4 Å². The van der Waals surface area contributed by atoms with Crippen molar-refractivity contribution < 1.29 is 9.59 Å². The molecular formula is C22H20N8O2. The molecule has 10 heteroatoms. The number of H-pyrrole nitrogens is 2. The number of ketones is 1. The van der Waals surface area contributed by atoms with E-state index >= 15 is 0 Å². The van der Waals surface area contributed by atoms with Crippen LogP contribution in [0.3, 0.4) is 0 Å². The van der Waals surface area contributed by atoms with E-state index < -0.39 is 5.92 Å². The lowest BCUT2D eigenvalue weighted by Gasteiger charge is -2.11. The molecule has 4 aromatic rings. The number of aryl methyl sites for hydroxylation is 1. The fourth-order valence-electron chi connectivity index (χ4n) is 3.84. The average Bonchev–Trinajstić information content (AvgIpc) is 3.48. The molecule has 160 valence electrons. The van der Waals surface area contributed by atoms with Crippen LogP contribution >= 0.6 is 0 Å². The Morgan fingerprint density at radius 3 is 2.78 bits per heavy atom. The summed E-state index contributed by atoms with van der Waals surface area (Å²) < 4.78 is 0. The van der Waals surface area contributed by atoms with E-state index in [2.05, 4.69) is 41.1 Å². The number of Topliss-reactive ketones (excluding diaryl/α,β-unsaturated/α-hetero) is 1. The third-order valence-corrected chi connectivity index (χ3v) is 5.53. The van der Waals surface area contributed by atoms with Gasteiger partial charge in [-0.2, -0.15) is 10.3 Å². The van der Waals surface area contributed by atoms with E-state index in [1.165, 1.54) is 0 Å². The highest BCUT2D eigenvalue weighted by atomic mass is 16.2. The van der Waals surface area contributed by atoms with Crippen LogP contribution in [0.4, 0.5) is 5.69 Å². The molecule has 10 nitrogen and oxygen atoms in total. The molecular weight excluding hydrogens is 408 g/mol. The maximum Gasteiger partial charge on any atom is 0.227 e. The molecule has 3 N–H and O–H groups in total. The predicted octanol–water partition coefficient (Wildman–Crippen LogP) is 2.35. The van der Waals surface area contributed by atoms with Crippen LogP contribution in [0.25, 0.3) is 11.4 Å². The van der Waals surface area contributed by atoms with Gasteiger partial charge in [-0.05, 0) is 47.4 Å². The fourth-order valence-corrected chi connectivity index (χ4v) is 3.84. The molecule has 3 heterocycles. The van der Waals surface area contributed by atoms with Crippen LogP contribution in [0, 0.1) is 5.92 Å². The van der Waals surface area contributed by atoms with E-state index in [1.807, 2.05) is 48.5 Å². The van der Waals surface area contributed by atoms with Gasteiger partial charge in [-0.3, -0.25) is 14.7 Å². The fraction of sp³-hybridized carbons (Fsp3) is 0.227. The average molecular weight is 428 g/mol. The molecule has 0 spiro atoms. The van der Waals surface area contributed by atoms with Gasteiger partial charge in [0.05, 0.1) is 0 Å². The molecule has 0 unspecified atom stereocenters. The lowest BCUT2D eigenvalue weighted by atomic mass is 9.94. The Kier molecular flexibility index (Phi) is 5.24. The first-order chi connectivity index (χ1) is 15.7. The summed E-state index contributed by atoms with van der Waals surface area (Å²) in [7, 11) is 0. The van der Waals surface area contributed by atoms with Gasteiger partial charge in [-0.25, -0.2) is 4.98 Å². The summed E-state index contributed by atoms with van der Waals surface area (Å²) in [4.78, 5) is 29.8. The van der Waals surface area contributed by atoms with Crippen molar-refractivity contribution in [1.82, 2.24) is 35.8 Å². The van der Waals surface area contributed by atoms with Gasteiger partial charge in [-0.1, -0.05) is 30.3 Å². The van der Waals surface area contributed by atoms with Gasteiger partial charge < -0.3 is 5.32 Å². The second kappa shape index (κ2) is 8.50. The molecule has 0 bridgehead atoms. The smallest absolute Gasteiger partial charge is 0.227 e. The van der Waals surface area contributed by atoms with Crippen molar-refractivity contribution in [2.24, 2.45) is 5.92 Å². The van der Waals surface area contributed by atoms with Gasteiger partial charge in [0, 0.05) is 30.0 Å². The van der Waals surface area contributed by atoms with Gasteiger partial charge in [0.2, 0.25) is 23.3 Å². The molecule has 5 rings (SSSR count). The van der Waals surface area contributed by atoms with Crippen molar-refractivity contribution in [3.05, 3.63) is 71.3 Å². The lowest BCUT2D eigenvalue weighted by Crippen LogP contribution is -2.24. The van der Waals surface area contributed by atoms with E-state index in [4.69, 9.17) is 0 Å². The van der Waals surface area contributed by atoms with Gasteiger partial charge in [-0.15, -0.1) is 10.2 Å². The standard InChI is InChI=1S/C22H20N8O2/c31-18(21-24-19(25-26-21)10-13-4-2-1-3-5-13)12-16-7-6-14-11-15(20-27-29-30-28-20)8-9-17(14)23-22(16)32/h1-5,8-9,11,16H,6-7,10,12H2,(H,23,32)(H,24,25,26)(H,27,28,29,30)/t16-/m1/s1. The summed E-state index contributed by atoms with van der Waals surface area (Å²) in [6.07, 6.45) is 1.80. The zero-order valence-electron chi connectivity index (χ0n) is 17.1. The summed E-state index contributed by atoms with van der Waals surface area (Å²) in [6.45, 7) is 0. The Morgan fingerprint density at radius 1 is 1.09 bits per heavy atom. The van der Waals surface area contributed by atoms with E-state index in [9.17, 15) is 9.59 Å². The van der Waals surface area contributed by atoms with Crippen molar-refractivity contribution in [3.8, 4) is 11.4 Å². The van der Waals surface area contributed by atoms with Gasteiger partial charge in [0.1, 0.15) is 5.82 Å². The SMILES string of the molecule is O=C(C[C@H]1CCc2cc(-c3nn[nH]n3)ccc2NC1=O)c1n[nH]c(Cc2ccccc2)n1. The van der Waals surface area contributed by atoms with Crippen molar-refractivity contribution in [2.75, 3.05) is 5.32 Å². The molecule has 0 saturated carbocycles. The molecule has 2 aromatic heterocycles. The van der Waals surface area contributed by atoms with Crippen LogP contribution < -0.4 is 5.32 Å². The van der Waals surface area contributed by atoms with Crippen LogP contribution in [-0.4, -0.2) is 47.5 Å². The zero-order valence-corrected chi connectivity index (χ0v) is 17.1. The molecule has 0 radical (unpaired) electrons. The summed E-state index contributed by atoms with van der Waals surface area (Å²) in [5, 5.41) is 23.8. The molecule has 1 aliphatic heterocycles. The number of benzene rings is 2. The number of carbonyl (C=O) groups is 2. The van der Waals surface area contributed by atoms with Crippen molar-refractivity contribution in [3.63, 3.8) is 0 Å². The molecule has 1 aliphatic rings.